The zero-order chi connectivity index (χ0) is 24.1. The second-order valence-electron chi connectivity index (χ2n) is 7.25. The van der Waals surface area contributed by atoms with E-state index in [2.05, 4.69) is 21.2 Å². The van der Waals surface area contributed by atoms with Gasteiger partial charge < -0.3 is 10.1 Å². The maximum Gasteiger partial charge on any atom is 0.294 e. The van der Waals surface area contributed by atoms with E-state index in [1.807, 2.05) is 24.3 Å². The SMILES string of the molecule is O=C(CN1C(=O)S/C(=C/c2cccc(OCc3ccccc3Cl)c2)C1=O)Nc1ccccc1Br. The van der Waals surface area contributed by atoms with Crippen molar-refractivity contribution < 1.29 is 19.1 Å². The molecule has 3 aromatic carbocycles. The highest BCUT2D eigenvalue weighted by molar-refractivity contribution is 9.10. The maximum absolute atomic E-state index is 12.8. The minimum absolute atomic E-state index is 0.238. The number of carbonyl (C=O) groups is 3. The molecule has 0 atom stereocenters. The van der Waals surface area contributed by atoms with Crippen LogP contribution in [0.3, 0.4) is 0 Å². The summed E-state index contributed by atoms with van der Waals surface area (Å²) in [5.41, 5.74) is 2.11. The lowest BCUT2D eigenvalue weighted by Crippen LogP contribution is -2.36. The number of ether oxygens (including phenoxy) is 1. The molecule has 0 unspecified atom stereocenters. The number of nitrogens with one attached hydrogen (secondary N) is 1. The number of carbonyl (C=O) groups excluding carboxylic acids is 3. The van der Waals surface area contributed by atoms with Gasteiger partial charge in [0.05, 0.1) is 10.6 Å². The van der Waals surface area contributed by atoms with Crippen molar-refractivity contribution >= 4 is 68.1 Å². The van der Waals surface area contributed by atoms with Crippen molar-refractivity contribution in [2.24, 2.45) is 0 Å². The summed E-state index contributed by atoms with van der Waals surface area (Å²) in [6.07, 6.45) is 1.61. The average Bonchev–Trinajstić information content (AvgIpc) is 3.07. The Labute approximate surface area is 214 Å². The van der Waals surface area contributed by atoms with E-state index in [9.17, 15) is 14.4 Å². The summed E-state index contributed by atoms with van der Waals surface area (Å²) in [5.74, 6) is -0.384. The van der Waals surface area contributed by atoms with E-state index in [4.69, 9.17) is 16.3 Å². The first-order valence-corrected chi connectivity index (χ1v) is 12.2. The summed E-state index contributed by atoms with van der Waals surface area (Å²) < 4.78 is 6.53. The predicted molar refractivity (Wildman–Crippen MR) is 138 cm³/mol. The summed E-state index contributed by atoms with van der Waals surface area (Å²) in [4.78, 5) is 38.8. The number of amides is 3. The summed E-state index contributed by atoms with van der Waals surface area (Å²) in [7, 11) is 0. The first-order chi connectivity index (χ1) is 16.4. The first kappa shape index (κ1) is 24.1. The van der Waals surface area contributed by atoms with E-state index < -0.39 is 17.1 Å². The van der Waals surface area contributed by atoms with E-state index >= 15 is 0 Å². The Morgan fingerprint density at radius 1 is 1.06 bits per heavy atom. The van der Waals surface area contributed by atoms with E-state index in [0.29, 0.717) is 33.1 Å². The number of benzene rings is 3. The largest absolute Gasteiger partial charge is 0.489 e. The van der Waals surface area contributed by atoms with E-state index in [1.165, 1.54) is 0 Å². The molecule has 0 bridgehead atoms. The molecule has 1 heterocycles. The standard InChI is InChI=1S/C25H18BrClN2O4S/c26-19-9-2-4-11-21(19)28-23(30)14-29-24(31)22(34-25(29)32)13-16-6-5-8-18(12-16)33-15-17-7-1-3-10-20(17)27/h1-13H,14-15H2,(H,28,30)/b22-13+. The molecule has 0 aliphatic carbocycles. The molecule has 3 aromatic rings. The summed E-state index contributed by atoms with van der Waals surface area (Å²) in [5, 5.41) is 2.82. The number of imide groups is 1. The Morgan fingerprint density at radius 2 is 1.82 bits per heavy atom. The molecular formula is C25H18BrClN2O4S. The van der Waals surface area contributed by atoms with Gasteiger partial charge in [-0.15, -0.1) is 0 Å². The van der Waals surface area contributed by atoms with Gasteiger partial charge in [0, 0.05) is 15.1 Å². The van der Waals surface area contributed by atoms with Crippen molar-refractivity contribution in [3.8, 4) is 5.75 Å². The van der Waals surface area contributed by atoms with Crippen LogP contribution in [0, 0.1) is 0 Å². The summed E-state index contributed by atoms with van der Waals surface area (Å²) in [6.45, 7) is -0.0728. The van der Waals surface area contributed by atoms with Gasteiger partial charge in [0.25, 0.3) is 11.1 Å². The third kappa shape index (κ3) is 5.88. The lowest BCUT2D eigenvalue weighted by molar-refractivity contribution is -0.127. The Morgan fingerprint density at radius 3 is 2.62 bits per heavy atom. The number of halogens is 2. The van der Waals surface area contributed by atoms with Crippen LogP contribution in [-0.2, 0) is 16.2 Å². The summed E-state index contributed by atoms with van der Waals surface area (Å²) >= 11 is 10.3. The first-order valence-electron chi connectivity index (χ1n) is 10.2. The van der Waals surface area contributed by atoms with Gasteiger partial charge in [-0.3, -0.25) is 19.3 Å². The Hall–Kier alpha value is -3.07. The minimum Gasteiger partial charge on any atom is -0.489 e. The van der Waals surface area contributed by atoms with Crippen molar-refractivity contribution in [1.29, 1.82) is 0 Å². The number of hydrogen-bond donors (Lipinski definition) is 1. The third-order valence-electron chi connectivity index (χ3n) is 4.83. The molecule has 0 aromatic heterocycles. The van der Waals surface area contributed by atoms with Crippen LogP contribution in [-0.4, -0.2) is 28.5 Å². The second-order valence-corrected chi connectivity index (χ2v) is 9.50. The molecule has 0 saturated carbocycles. The normalized spacial score (nSPS) is 14.5. The summed E-state index contributed by atoms with van der Waals surface area (Å²) in [6, 6.07) is 21.7. The number of anilines is 1. The lowest BCUT2D eigenvalue weighted by Gasteiger charge is -2.13. The predicted octanol–water partition coefficient (Wildman–Crippen LogP) is 6.36. The van der Waals surface area contributed by atoms with Crippen molar-refractivity contribution in [3.63, 3.8) is 0 Å². The van der Waals surface area contributed by atoms with Gasteiger partial charge in [0.1, 0.15) is 18.9 Å². The van der Waals surface area contributed by atoms with Crippen molar-refractivity contribution in [2.45, 2.75) is 6.61 Å². The molecule has 1 fully saturated rings. The second kappa shape index (κ2) is 10.9. The van der Waals surface area contributed by atoms with Gasteiger partial charge in [0.2, 0.25) is 5.91 Å². The molecule has 9 heteroatoms. The van der Waals surface area contributed by atoms with Gasteiger partial charge in [-0.2, -0.15) is 0 Å². The Balaban J connectivity index is 1.41. The van der Waals surface area contributed by atoms with Crippen LogP contribution in [0.25, 0.3) is 6.08 Å². The number of hydrogen-bond acceptors (Lipinski definition) is 5. The van der Waals surface area contributed by atoms with Crippen LogP contribution < -0.4 is 10.1 Å². The van der Waals surface area contributed by atoms with Gasteiger partial charge >= 0.3 is 0 Å². The number of thioether (sulfide) groups is 1. The quantitative estimate of drug-likeness (QED) is 0.342. The topological polar surface area (TPSA) is 75.7 Å². The molecule has 1 aliphatic rings. The van der Waals surface area contributed by atoms with Gasteiger partial charge in [-0.1, -0.05) is 54.1 Å². The molecular weight excluding hydrogens is 540 g/mol. The van der Waals surface area contributed by atoms with Crippen LogP contribution in [0.2, 0.25) is 5.02 Å². The number of para-hydroxylation sites is 1. The molecule has 34 heavy (non-hydrogen) atoms. The molecule has 1 saturated heterocycles. The van der Waals surface area contributed by atoms with E-state index in [-0.39, 0.29) is 11.4 Å². The van der Waals surface area contributed by atoms with E-state index in [1.54, 1.807) is 54.6 Å². The molecule has 172 valence electrons. The van der Waals surface area contributed by atoms with Gasteiger partial charge in [-0.05, 0) is 69.7 Å². The fraction of sp³-hybridized carbons (Fsp3) is 0.0800. The van der Waals surface area contributed by atoms with Crippen molar-refractivity contribution in [3.05, 3.63) is 98.3 Å². The maximum atomic E-state index is 12.8. The van der Waals surface area contributed by atoms with Crippen LogP contribution >= 0.6 is 39.3 Å². The zero-order valence-corrected chi connectivity index (χ0v) is 20.8. The Kier molecular flexibility index (Phi) is 7.72. The number of rotatable bonds is 7. The molecule has 1 aliphatic heterocycles. The molecule has 3 amide bonds. The highest BCUT2D eigenvalue weighted by Crippen LogP contribution is 2.33. The highest BCUT2D eigenvalue weighted by atomic mass is 79.9. The monoisotopic (exact) mass is 556 g/mol. The molecule has 4 rings (SSSR count). The smallest absolute Gasteiger partial charge is 0.294 e. The van der Waals surface area contributed by atoms with Crippen LogP contribution in [0.15, 0.2) is 82.2 Å². The van der Waals surface area contributed by atoms with Crippen LogP contribution in [0.5, 0.6) is 5.75 Å². The van der Waals surface area contributed by atoms with Gasteiger partial charge in [0.15, 0.2) is 0 Å². The molecule has 0 radical (unpaired) electrons. The zero-order valence-electron chi connectivity index (χ0n) is 17.7. The molecule has 0 spiro atoms. The van der Waals surface area contributed by atoms with E-state index in [0.717, 1.165) is 22.2 Å². The highest BCUT2D eigenvalue weighted by Gasteiger charge is 2.36. The average molecular weight is 558 g/mol. The fourth-order valence-electron chi connectivity index (χ4n) is 3.15. The van der Waals surface area contributed by atoms with Crippen LogP contribution in [0.4, 0.5) is 10.5 Å². The van der Waals surface area contributed by atoms with Gasteiger partial charge in [-0.25, -0.2) is 0 Å². The number of nitrogens with zero attached hydrogens (tertiary/aromatic N) is 1. The molecule has 1 N–H and O–H groups in total. The van der Waals surface area contributed by atoms with Crippen LogP contribution in [0.1, 0.15) is 11.1 Å². The molecule has 6 nitrogen and oxygen atoms in total. The third-order valence-corrected chi connectivity index (χ3v) is 6.80. The lowest BCUT2D eigenvalue weighted by atomic mass is 10.2. The van der Waals surface area contributed by atoms with Crippen molar-refractivity contribution in [1.82, 2.24) is 4.90 Å². The van der Waals surface area contributed by atoms with Crippen molar-refractivity contribution in [2.75, 3.05) is 11.9 Å². The Bertz CT molecular complexity index is 1300. The minimum atomic E-state index is -0.514. The fourth-order valence-corrected chi connectivity index (χ4v) is 4.57.